The summed E-state index contributed by atoms with van der Waals surface area (Å²) in [5.41, 5.74) is 3.07. The molecule has 0 heterocycles. The second-order valence-corrected chi connectivity index (χ2v) is 5.23. The number of aryl methyl sites for hydroxylation is 1. The molecule has 2 rings (SSSR count). The monoisotopic (exact) mass is 302 g/mol. The minimum atomic E-state index is -0.108. The van der Waals surface area contributed by atoms with E-state index in [9.17, 15) is 10.2 Å². The Labute approximate surface area is 129 Å². The average Bonchev–Trinajstić information content (AvgIpc) is 2.45. The van der Waals surface area contributed by atoms with Crippen LogP contribution >= 0.6 is 12.2 Å². The van der Waals surface area contributed by atoms with E-state index in [1.807, 2.05) is 31.2 Å². The van der Waals surface area contributed by atoms with Crippen molar-refractivity contribution in [2.45, 2.75) is 13.3 Å². The number of rotatable bonds is 4. The molecule has 5 heteroatoms. The van der Waals surface area contributed by atoms with Gasteiger partial charge in [0, 0.05) is 12.2 Å². The minimum absolute atomic E-state index is 0.104. The van der Waals surface area contributed by atoms with Gasteiger partial charge in [-0.15, -0.1) is 0 Å². The van der Waals surface area contributed by atoms with E-state index in [4.69, 9.17) is 12.2 Å². The molecular formula is C16H18N2O2S. The first-order valence-corrected chi connectivity index (χ1v) is 7.08. The zero-order chi connectivity index (χ0) is 15.2. The molecule has 0 fully saturated rings. The summed E-state index contributed by atoms with van der Waals surface area (Å²) in [5.74, 6) is -0.212. The number of hydrogen-bond acceptors (Lipinski definition) is 3. The standard InChI is InChI=1S/C16H18N2O2S/c1-11-2-5-13(6-3-11)18-16(21)17-9-8-12-4-7-14(19)15(20)10-12/h2-7,10,19-20H,8-9H2,1H3,(H2,17,18,21). The predicted molar refractivity (Wildman–Crippen MR) is 88.9 cm³/mol. The van der Waals surface area contributed by atoms with Crippen molar-refractivity contribution in [2.24, 2.45) is 0 Å². The molecule has 21 heavy (non-hydrogen) atoms. The highest BCUT2D eigenvalue weighted by molar-refractivity contribution is 7.80. The van der Waals surface area contributed by atoms with Gasteiger partial charge in [0.1, 0.15) is 0 Å². The first-order chi connectivity index (χ1) is 10.0. The molecule has 0 aromatic heterocycles. The quantitative estimate of drug-likeness (QED) is 0.517. The number of anilines is 1. The number of benzene rings is 2. The molecule has 0 spiro atoms. The number of thiocarbonyl (C=S) groups is 1. The van der Waals surface area contributed by atoms with Crippen molar-refractivity contribution in [3.8, 4) is 11.5 Å². The molecule has 110 valence electrons. The zero-order valence-electron chi connectivity index (χ0n) is 11.8. The van der Waals surface area contributed by atoms with Crippen LogP contribution in [0.15, 0.2) is 42.5 Å². The Morgan fingerprint density at radius 1 is 1.05 bits per heavy atom. The molecule has 0 aliphatic heterocycles. The van der Waals surface area contributed by atoms with E-state index in [1.54, 1.807) is 12.1 Å². The summed E-state index contributed by atoms with van der Waals surface area (Å²) in [7, 11) is 0. The van der Waals surface area contributed by atoms with Crippen molar-refractivity contribution in [1.82, 2.24) is 5.32 Å². The number of phenols is 2. The lowest BCUT2D eigenvalue weighted by Gasteiger charge is -2.11. The van der Waals surface area contributed by atoms with Gasteiger partial charge in [0.25, 0.3) is 0 Å². The molecule has 0 aliphatic carbocycles. The van der Waals surface area contributed by atoms with Crippen molar-refractivity contribution in [2.75, 3.05) is 11.9 Å². The third-order valence-corrected chi connectivity index (χ3v) is 3.29. The Balaban J connectivity index is 1.78. The molecule has 0 atom stereocenters. The van der Waals surface area contributed by atoms with Gasteiger partial charge >= 0.3 is 0 Å². The Morgan fingerprint density at radius 2 is 1.76 bits per heavy atom. The maximum absolute atomic E-state index is 9.42. The average molecular weight is 302 g/mol. The lowest BCUT2D eigenvalue weighted by Crippen LogP contribution is -2.30. The van der Waals surface area contributed by atoms with Crippen LogP contribution in [0.3, 0.4) is 0 Å². The van der Waals surface area contributed by atoms with Gasteiger partial charge in [-0.2, -0.15) is 0 Å². The van der Waals surface area contributed by atoms with E-state index < -0.39 is 0 Å². The molecule has 2 aromatic rings. The Bertz CT molecular complexity index is 627. The first-order valence-electron chi connectivity index (χ1n) is 6.67. The van der Waals surface area contributed by atoms with Gasteiger partial charge in [0.15, 0.2) is 16.6 Å². The van der Waals surface area contributed by atoms with Crippen molar-refractivity contribution in [3.05, 3.63) is 53.6 Å². The zero-order valence-corrected chi connectivity index (χ0v) is 12.6. The Kier molecular flexibility index (Phi) is 5.00. The summed E-state index contributed by atoms with van der Waals surface area (Å²) in [6.45, 7) is 2.68. The molecule has 0 amide bonds. The minimum Gasteiger partial charge on any atom is -0.504 e. The second-order valence-electron chi connectivity index (χ2n) is 4.82. The predicted octanol–water partition coefficient (Wildman–Crippen LogP) is 2.94. The van der Waals surface area contributed by atoms with E-state index >= 15 is 0 Å². The van der Waals surface area contributed by atoms with Crippen LogP contribution in [0.2, 0.25) is 0 Å². The Hall–Kier alpha value is -2.27. The maximum Gasteiger partial charge on any atom is 0.170 e. The topological polar surface area (TPSA) is 64.5 Å². The van der Waals surface area contributed by atoms with Gasteiger partial charge in [0.2, 0.25) is 0 Å². The number of aromatic hydroxyl groups is 2. The summed E-state index contributed by atoms with van der Waals surface area (Å²) in [4.78, 5) is 0. The van der Waals surface area contributed by atoms with E-state index in [0.29, 0.717) is 18.1 Å². The fourth-order valence-corrected chi connectivity index (χ4v) is 2.08. The van der Waals surface area contributed by atoms with Gasteiger partial charge in [0.05, 0.1) is 0 Å². The number of hydrogen-bond donors (Lipinski definition) is 4. The summed E-state index contributed by atoms with van der Waals surface area (Å²) in [6.07, 6.45) is 0.698. The summed E-state index contributed by atoms with van der Waals surface area (Å²) in [6, 6.07) is 12.8. The van der Waals surface area contributed by atoms with E-state index in [2.05, 4.69) is 10.6 Å². The fourth-order valence-electron chi connectivity index (χ4n) is 1.86. The molecule has 4 N–H and O–H groups in total. The molecule has 0 saturated carbocycles. The maximum atomic E-state index is 9.42. The van der Waals surface area contributed by atoms with Gasteiger partial charge in [-0.1, -0.05) is 23.8 Å². The van der Waals surface area contributed by atoms with Gasteiger partial charge in [-0.25, -0.2) is 0 Å². The largest absolute Gasteiger partial charge is 0.504 e. The lowest BCUT2D eigenvalue weighted by molar-refractivity contribution is 0.403. The highest BCUT2D eigenvalue weighted by atomic mass is 32.1. The van der Waals surface area contributed by atoms with Crippen LogP contribution in [0, 0.1) is 6.92 Å². The molecule has 0 saturated heterocycles. The second kappa shape index (κ2) is 6.95. The summed E-state index contributed by atoms with van der Waals surface area (Å²) >= 11 is 5.22. The van der Waals surface area contributed by atoms with Crippen molar-refractivity contribution in [1.29, 1.82) is 0 Å². The molecule has 2 aromatic carbocycles. The normalized spacial score (nSPS) is 10.1. The molecule has 0 bridgehead atoms. The number of phenolic OH excluding ortho intramolecular Hbond substituents is 2. The third-order valence-electron chi connectivity index (χ3n) is 3.05. The van der Waals surface area contributed by atoms with Crippen LogP contribution < -0.4 is 10.6 Å². The summed E-state index contributed by atoms with van der Waals surface area (Å²) < 4.78 is 0. The molecular weight excluding hydrogens is 284 g/mol. The Morgan fingerprint density at radius 3 is 2.43 bits per heavy atom. The van der Waals surface area contributed by atoms with Crippen molar-refractivity contribution < 1.29 is 10.2 Å². The molecule has 0 aliphatic rings. The highest BCUT2D eigenvalue weighted by Crippen LogP contribution is 2.24. The van der Waals surface area contributed by atoms with Crippen LogP contribution in [0.1, 0.15) is 11.1 Å². The smallest absolute Gasteiger partial charge is 0.170 e. The van der Waals surface area contributed by atoms with E-state index in [1.165, 1.54) is 11.6 Å². The van der Waals surface area contributed by atoms with Crippen LogP contribution in [-0.4, -0.2) is 21.9 Å². The van der Waals surface area contributed by atoms with Gasteiger partial charge in [-0.3, -0.25) is 0 Å². The molecule has 0 radical (unpaired) electrons. The first kappa shape index (κ1) is 15.1. The molecule has 0 unspecified atom stereocenters. The highest BCUT2D eigenvalue weighted by Gasteiger charge is 2.01. The van der Waals surface area contributed by atoms with E-state index in [0.717, 1.165) is 11.3 Å². The van der Waals surface area contributed by atoms with Crippen LogP contribution in [-0.2, 0) is 6.42 Å². The number of nitrogens with one attached hydrogen (secondary N) is 2. The van der Waals surface area contributed by atoms with Crippen molar-refractivity contribution in [3.63, 3.8) is 0 Å². The fraction of sp³-hybridized carbons (Fsp3) is 0.188. The van der Waals surface area contributed by atoms with E-state index in [-0.39, 0.29) is 11.5 Å². The van der Waals surface area contributed by atoms with Gasteiger partial charge < -0.3 is 20.8 Å². The van der Waals surface area contributed by atoms with Crippen LogP contribution in [0.5, 0.6) is 11.5 Å². The van der Waals surface area contributed by atoms with Crippen LogP contribution in [0.25, 0.3) is 0 Å². The van der Waals surface area contributed by atoms with Crippen molar-refractivity contribution >= 4 is 23.0 Å². The van der Waals surface area contributed by atoms with Gasteiger partial charge in [-0.05, 0) is 55.4 Å². The molecule has 4 nitrogen and oxygen atoms in total. The SMILES string of the molecule is Cc1ccc(NC(=S)NCCc2ccc(O)c(O)c2)cc1. The lowest BCUT2D eigenvalue weighted by atomic mass is 10.1. The van der Waals surface area contributed by atoms with Crippen LogP contribution in [0.4, 0.5) is 5.69 Å². The third kappa shape index (κ3) is 4.65. The summed E-state index contributed by atoms with van der Waals surface area (Å²) in [5, 5.41) is 25.4.